The normalized spacial score (nSPS) is 10.3. The first-order valence-electron chi connectivity index (χ1n) is 4.12. The average Bonchev–Trinajstić information content (AvgIpc) is 2.16. The number of aliphatic carboxylic acids is 1. The van der Waals surface area contributed by atoms with Gasteiger partial charge in [-0.2, -0.15) is 0 Å². The summed E-state index contributed by atoms with van der Waals surface area (Å²) in [5, 5.41) is 25.4. The highest BCUT2D eigenvalue weighted by atomic mass is 16.6. The lowest BCUT2D eigenvalue weighted by Crippen LogP contribution is -2.20. The van der Waals surface area contributed by atoms with Gasteiger partial charge in [-0.15, -0.1) is 0 Å². The second kappa shape index (κ2) is 5.18. The van der Waals surface area contributed by atoms with Crippen LogP contribution in [0, 0.1) is 0 Å². The molecule has 1 aromatic rings. The summed E-state index contributed by atoms with van der Waals surface area (Å²) in [5.41, 5.74) is 0.678. The van der Waals surface area contributed by atoms with Gasteiger partial charge in [0.15, 0.2) is 0 Å². The molecule has 0 saturated heterocycles. The van der Waals surface area contributed by atoms with Crippen LogP contribution in [0.15, 0.2) is 30.3 Å². The third kappa shape index (κ3) is 4.30. The number of carbonyl (C=O) groups is 1. The monoisotopic (exact) mass is 208 g/mol. The lowest BCUT2D eigenvalue weighted by Gasteiger charge is -2.03. The van der Waals surface area contributed by atoms with Gasteiger partial charge in [-0.1, -0.05) is 12.1 Å². The Balaban J connectivity index is 2.68. The Hall–Kier alpha value is -1.79. The molecule has 6 heteroatoms. The molecule has 3 N–H and O–H groups in total. The number of carboxylic acids is 1. The molecule has 0 amide bonds. The van der Waals surface area contributed by atoms with E-state index in [9.17, 15) is 4.79 Å². The molecule has 15 heavy (non-hydrogen) atoms. The van der Waals surface area contributed by atoms with Gasteiger partial charge in [-0.05, 0) is 23.8 Å². The Morgan fingerprint density at radius 1 is 1.27 bits per heavy atom. The van der Waals surface area contributed by atoms with Crippen molar-refractivity contribution in [3.8, 4) is 5.75 Å². The van der Waals surface area contributed by atoms with Crippen molar-refractivity contribution in [1.29, 1.82) is 0 Å². The maximum atomic E-state index is 10.2. The number of carboxylic acid groups (broad SMARTS) is 1. The van der Waals surface area contributed by atoms with Crippen molar-refractivity contribution in [3.05, 3.63) is 35.9 Å². The topological polar surface area (TPSA) is 87.0 Å². The summed E-state index contributed by atoms with van der Waals surface area (Å²) in [4.78, 5) is 10.2. The summed E-state index contributed by atoms with van der Waals surface area (Å²) >= 11 is 0. The molecular formula is C9H9BO5. The van der Waals surface area contributed by atoms with Crippen LogP contribution < -0.4 is 4.65 Å². The second-order valence-corrected chi connectivity index (χ2v) is 2.68. The summed E-state index contributed by atoms with van der Waals surface area (Å²) in [6.45, 7) is 0. The number of rotatable bonds is 4. The molecule has 5 nitrogen and oxygen atoms in total. The molecule has 1 aromatic carbocycles. The largest absolute Gasteiger partial charge is 0.707 e. The van der Waals surface area contributed by atoms with Gasteiger partial charge in [0.2, 0.25) is 0 Å². The summed E-state index contributed by atoms with van der Waals surface area (Å²) in [6, 6.07) is 6.19. The molecule has 0 unspecified atom stereocenters. The zero-order valence-corrected chi connectivity index (χ0v) is 7.70. The van der Waals surface area contributed by atoms with Crippen molar-refractivity contribution in [1.82, 2.24) is 0 Å². The maximum absolute atomic E-state index is 10.2. The van der Waals surface area contributed by atoms with E-state index in [4.69, 9.17) is 15.2 Å². The van der Waals surface area contributed by atoms with Gasteiger partial charge < -0.3 is 19.8 Å². The Kier molecular flexibility index (Phi) is 3.90. The van der Waals surface area contributed by atoms with Crippen LogP contribution in [0.2, 0.25) is 0 Å². The van der Waals surface area contributed by atoms with Crippen LogP contribution >= 0.6 is 0 Å². The van der Waals surface area contributed by atoms with Crippen molar-refractivity contribution in [2.24, 2.45) is 0 Å². The molecule has 1 rings (SSSR count). The Morgan fingerprint density at radius 2 is 1.87 bits per heavy atom. The summed E-state index contributed by atoms with van der Waals surface area (Å²) in [6.07, 6.45) is 2.43. The zero-order chi connectivity index (χ0) is 11.3. The fourth-order valence-electron chi connectivity index (χ4n) is 0.947. The van der Waals surface area contributed by atoms with Gasteiger partial charge in [-0.25, -0.2) is 4.79 Å². The van der Waals surface area contributed by atoms with Crippen LogP contribution in [-0.4, -0.2) is 28.4 Å². The molecule has 0 fully saturated rings. The van der Waals surface area contributed by atoms with Crippen LogP contribution in [0.4, 0.5) is 0 Å². The summed E-state index contributed by atoms with van der Waals surface area (Å²) < 4.78 is 4.57. The minimum Gasteiger partial charge on any atom is -0.512 e. The van der Waals surface area contributed by atoms with Gasteiger partial charge in [0.1, 0.15) is 5.75 Å². The van der Waals surface area contributed by atoms with E-state index in [1.165, 1.54) is 18.2 Å². The molecule has 0 spiro atoms. The van der Waals surface area contributed by atoms with Crippen LogP contribution in [0.25, 0.3) is 6.08 Å². The van der Waals surface area contributed by atoms with E-state index in [0.717, 1.165) is 6.08 Å². The average molecular weight is 208 g/mol. The van der Waals surface area contributed by atoms with E-state index in [0.29, 0.717) is 5.56 Å². The van der Waals surface area contributed by atoms with Gasteiger partial charge in [0, 0.05) is 6.08 Å². The highest BCUT2D eigenvalue weighted by Gasteiger charge is 2.10. The standard InChI is InChI=1S/C9H9BO5/c11-9(12)6-3-7-1-4-8(5-2-7)15-10(13)14/h1-6,13-14H,(H,11,12)/b6-3+. The van der Waals surface area contributed by atoms with Gasteiger partial charge in [0.05, 0.1) is 0 Å². The SMILES string of the molecule is O=C(O)/C=C/c1ccc(OB(O)O)cc1. The smallest absolute Gasteiger partial charge is 0.512 e. The molecule has 0 aromatic heterocycles. The first kappa shape index (κ1) is 11.3. The molecule has 0 aliphatic rings. The Labute approximate surface area is 86.4 Å². The van der Waals surface area contributed by atoms with Gasteiger partial charge in [0.25, 0.3) is 0 Å². The minimum atomic E-state index is -1.86. The minimum absolute atomic E-state index is 0.289. The molecule has 0 aliphatic heterocycles. The molecule has 0 saturated carbocycles. The van der Waals surface area contributed by atoms with Crippen molar-refractivity contribution in [2.45, 2.75) is 0 Å². The van der Waals surface area contributed by atoms with Crippen LogP contribution in [0.3, 0.4) is 0 Å². The van der Waals surface area contributed by atoms with Gasteiger partial charge >= 0.3 is 13.3 Å². The van der Waals surface area contributed by atoms with Crippen molar-refractivity contribution < 1.29 is 24.6 Å². The van der Waals surface area contributed by atoms with E-state index in [1.54, 1.807) is 12.1 Å². The fraction of sp³-hybridized carbons (Fsp3) is 0. The number of benzene rings is 1. The molecule has 0 heterocycles. The van der Waals surface area contributed by atoms with Crippen LogP contribution in [0.1, 0.15) is 5.56 Å². The molecule has 78 valence electrons. The number of hydrogen-bond donors (Lipinski definition) is 3. The van der Waals surface area contributed by atoms with Crippen molar-refractivity contribution in [3.63, 3.8) is 0 Å². The fourth-order valence-corrected chi connectivity index (χ4v) is 0.947. The number of hydrogen-bond acceptors (Lipinski definition) is 4. The third-order valence-electron chi connectivity index (χ3n) is 1.54. The first-order valence-corrected chi connectivity index (χ1v) is 4.12. The van der Waals surface area contributed by atoms with Crippen molar-refractivity contribution in [2.75, 3.05) is 0 Å². The molecule has 0 bridgehead atoms. The van der Waals surface area contributed by atoms with E-state index in [-0.39, 0.29) is 5.75 Å². The highest BCUT2D eigenvalue weighted by molar-refractivity contribution is 6.33. The lowest BCUT2D eigenvalue weighted by molar-refractivity contribution is -0.131. The van der Waals surface area contributed by atoms with Crippen LogP contribution in [-0.2, 0) is 4.79 Å². The predicted octanol–water partition coefficient (Wildman–Crippen LogP) is 0.133. The van der Waals surface area contributed by atoms with Crippen LogP contribution in [0.5, 0.6) is 5.75 Å². The molecule has 0 aliphatic carbocycles. The third-order valence-corrected chi connectivity index (χ3v) is 1.54. The van der Waals surface area contributed by atoms with E-state index in [1.807, 2.05) is 0 Å². The van der Waals surface area contributed by atoms with Gasteiger partial charge in [-0.3, -0.25) is 0 Å². The Morgan fingerprint density at radius 3 is 2.33 bits per heavy atom. The molecular weight excluding hydrogens is 199 g/mol. The Bertz CT molecular complexity index is 357. The van der Waals surface area contributed by atoms with Crippen molar-refractivity contribution >= 4 is 19.4 Å². The zero-order valence-electron chi connectivity index (χ0n) is 7.70. The molecule has 0 radical (unpaired) electrons. The summed E-state index contributed by atoms with van der Waals surface area (Å²) in [7, 11) is -1.86. The maximum Gasteiger partial charge on any atom is 0.707 e. The highest BCUT2D eigenvalue weighted by Crippen LogP contribution is 2.13. The van der Waals surface area contributed by atoms with E-state index < -0.39 is 13.3 Å². The lowest BCUT2D eigenvalue weighted by atomic mass is 10.2. The second-order valence-electron chi connectivity index (χ2n) is 2.68. The molecule has 0 atom stereocenters. The van der Waals surface area contributed by atoms with E-state index >= 15 is 0 Å². The van der Waals surface area contributed by atoms with E-state index in [2.05, 4.69) is 4.65 Å². The first-order chi connectivity index (χ1) is 7.08. The summed E-state index contributed by atoms with van der Waals surface area (Å²) in [5.74, 6) is -0.737. The predicted molar refractivity (Wildman–Crippen MR) is 53.9 cm³/mol. The quantitative estimate of drug-likeness (QED) is 0.483.